The summed E-state index contributed by atoms with van der Waals surface area (Å²) in [6.45, 7) is 2.00. The third-order valence-corrected chi connectivity index (χ3v) is 3.89. The van der Waals surface area contributed by atoms with Crippen LogP contribution in [-0.2, 0) is 7.05 Å². The number of halogens is 1. The van der Waals surface area contributed by atoms with E-state index in [9.17, 15) is 0 Å². The van der Waals surface area contributed by atoms with Gasteiger partial charge in [0.15, 0.2) is 0 Å². The first-order chi connectivity index (χ1) is 8.06. The minimum absolute atomic E-state index is 0.0299. The molecule has 0 radical (unpaired) electrons. The maximum absolute atomic E-state index is 5.97. The van der Waals surface area contributed by atoms with Crippen LogP contribution in [0.4, 0.5) is 0 Å². The van der Waals surface area contributed by atoms with Gasteiger partial charge in [-0.15, -0.1) is 0 Å². The smallest absolute Gasteiger partial charge is 0.0629 e. The second-order valence-electron chi connectivity index (χ2n) is 3.92. The summed E-state index contributed by atoms with van der Waals surface area (Å²) in [5.41, 5.74) is 7.13. The molecule has 1 atom stereocenters. The minimum Gasteiger partial charge on any atom is -0.324 e. The minimum atomic E-state index is 0.0299. The van der Waals surface area contributed by atoms with E-state index < -0.39 is 0 Å². The summed E-state index contributed by atoms with van der Waals surface area (Å²) in [6.07, 6.45) is 3.85. The summed E-state index contributed by atoms with van der Waals surface area (Å²) in [5, 5.41) is 4.16. The van der Waals surface area contributed by atoms with Crippen LogP contribution in [-0.4, -0.2) is 9.78 Å². The maximum Gasteiger partial charge on any atom is 0.0629 e. The van der Waals surface area contributed by atoms with Gasteiger partial charge in [0.05, 0.1) is 11.1 Å². The first-order valence-electron chi connectivity index (χ1n) is 5.28. The van der Waals surface area contributed by atoms with Crippen LogP contribution in [0.25, 0.3) is 0 Å². The molecule has 90 valence electrons. The Balaban J connectivity index is 2.33. The van der Waals surface area contributed by atoms with Gasteiger partial charge < -0.3 is 5.73 Å². The average Bonchev–Trinajstić information content (AvgIpc) is 2.63. The van der Waals surface area contributed by atoms with Gasteiger partial charge in [-0.3, -0.25) is 4.68 Å². The molecule has 1 heterocycles. The third-order valence-electron chi connectivity index (χ3n) is 2.38. The lowest BCUT2D eigenvalue weighted by Crippen LogP contribution is -2.06. The van der Waals surface area contributed by atoms with Crippen molar-refractivity contribution >= 4 is 27.7 Å². The van der Waals surface area contributed by atoms with Gasteiger partial charge in [0.2, 0.25) is 0 Å². The first-order valence-corrected chi connectivity index (χ1v) is 6.89. The summed E-state index contributed by atoms with van der Waals surface area (Å²) < 4.78 is 2.86. The van der Waals surface area contributed by atoms with Gasteiger partial charge >= 0.3 is 0 Å². The van der Waals surface area contributed by atoms with Crippen molar-refractivity contribution in [2.75, 3.05) is 0 Å². The van der Waals surface area contributed by atoms with E-state index in [4.69, 9.17) is 5.73 Å². The molecule has 0 saturated heterocycles. The zero-order chi connectivity index (χ0) is 12.4. The Bertz CT molecular complexity index is 522. The average molecular weight is 312 g/mol. The highest BCUT2D eigenvalue weighted by Crippen LogP contribution is 2.34. The number of benzene rings is 1. The lowest BCUT2D eigenvalue weighted by molar-refractivity contribution is 0.766. The van der Waals surface area contributed by atoms with Gasteiger partial charge in [-0.05, 0) is 24.6 Å². The molecule has 1 unspecified atom stereocenters. The molecule has 0 aliphatic carbocycles. The number of nitrogens with zero attached hydrogens (tertiary/aromatic N) is 2. The molecule has 2 aromatic rings. The van der Waals surface area contributed by atoms with Crippen LogP contribution in [0.1, 0.15) is 18.5 Å². The molecule has 0 aliphatic rings. The summed E-state index contributed by atoms with van der Waals surface area (Å²) in [5.74, 6) is 0. The number of hydrogen-bond donors (Lipinski definition) is 1. The highest BCUT2D eigenvalue weighted by atomic mass is 79.9. The number of rotatable bonds is 3. The largest absolute Gasteiger partial charge is 0.324 e. The predicted octanol–water partition coefficient (Wildman–Crippen LogP) is 3.35. The van der Waals surface area contributed by atoms with Crippen LogP contribution in [0.2, 0.25) is 0 Å². The molecule has 1 aromatic heterocycles. The Morgan fingerprint density at radius 1 is 1.47 bits per heavy atom. The number of aromatic nitrogens is 2. The van der Waals surface area contributed by atoms with E-state index in [-0.39, 0.29) is 6.04 Å². The van der Waals surface area contributed by atoms with Crippen LogP contribution >= 0.6 is 27.7 Å². The fourth-order valence-electron chi connectivity index (χ4n) is 1.55. The predicted molar refractivity (Wildman–Crippen MR) is 74.1 cm³/mol. The molecule has 2 rings (SSSR count). The lowest BCUT2D eigenvalue weighted by atomic mass is 10.1. The Labute approximate surface area is 114 Å². The molecule has 0 fully saturated rings. The molecule has 0 saturated carbocycles. The number of aryl methyl sites for hydroxylation is 1. The molecule has 5 heteroatoms. The Morgan fingerprint density at radius 3 is 2.82 bits per heavy atom. The van der Waals surface area contributed by atoms with Crippen molar-refractivity contribution in [3.05, 3.63) is 40.6 Å². The van der Waals surface area contributed by atoms with E-state index in [0.29, 0.717) is 0 Å². The normalized spacial score (nSPS) is 12.7. The Morgan fingerprint density at radius 2 is 2.24 bits per heavy atom. The van der Waals surface area contributed by atoms with Crippen LogP contribution in [0.3, 0.4) is 0 Å². The molecule has 0 bridgehead atoms. The summed E-state index contributed by atoms with van der Waals surface area (Å²) in [7, 11) is 1.91. The zero-order valence-electron chi connectivity index (χ0n) is 9.72. The molecule has 0 spiro atoms. The Hall–Kier alpha value is -0.780. The second kappa shape index (κ2) is 5.25. The topological polar surface area (TPSA) is 43.8 Å². The third kappa shape index (κ3) is 3.12. The van der Waals surface area contributed by atoms with Crippen molar-refractivity contribution in [1.29, 1.82) is 0 Å². The van der Waals surface area contributed by atoms with Crippen molar-refractivity contribution < 1.29 is 0 Å². The highest BCUT2D eigenvalue weighted by Gasteiger charge is 2.09. The molecule has 0 amide bonds. The van der Waals surface area contributed by atoms with Crippen LogP contribution in [0.15, 0.2) is 44.9 Å². The molecule has 3 nitrogen and oxygen atoms in total. The highest BCUT2D eigenvalue weighted by molar-refractivity contribution is 9.10. The van der Waals surface area contributed by atoms with Crippen molar-refractivity contribution in [2.24, 2.45) is 12.8 Å². The van der Waals surface area contributed by atoms with Crippen LogP contribution in [0, 0.1) is 0 Å². The SMILES string of the molecule is CC(N)c1ccc(Br)cc1Sc1cnn(C)c1. The monoisotopic (exact) mass is 311 g/mol. The van der Waals surface area contributed by atoms with Crippen LogP contribution < -0.4 is 5.73 Å². The van der Waals surface area contributed by atoms with E-state index >= 15 is 0 Å². The summed E-state index contributed by atoms with van der Waals surface area (Å²) in [6, 6.07) is 6.21. The molecular formula is C12H14BrN3S. The van der Waals surface area contributed by atoms with E-state index in [1.165, 1.54) is 4.90 Å². The zero-order valence-corrected chi connectivity index (χ0v) is 12.1. The van der Waals surface area contributed by atoms with Gasteiger partial charge in [0, 0.05) is 28.7 Å². The first kappa shape index (κ1) is 12.7. The molecule has 1 aromatic carbocycles. The fourth-order valence-corrected chi connectivity index (χ4v) is 3.18. The molecular weight excluding hydrogens is 298 g/mol. The maximum atomic E-state index is 5.97. The summed E-state index contributed by atoms with van der Waals surface area (Å²) in [4.78, 5) is 2.29. The van der Waals surface area contributed by atoms with Gasteiger partial charge in [0.1, 0.15) is 0 Å². The van der Waals surface area contributed by atoms with Crippen LogP contribution in [0.5, 0.6) is 0 Å². The Kier molecular flexibility index (Phi) is 3.91. The van der Waals surface area contributed by atoms with Gasteiger partial charge in [-0.25, -0.2) is 0 Å². The van der Waals surface area contributed by atoms with Gasteiger partial charge in [0.25, 0.3) is 0 Å². The van der Waals surface area contributed by atoms with E-state index in [1.807, 2.05) is 32.4 Å². The van der Waals surface area contributed by atoms with Crippen molar-refractivity contribution in [3.8, 4) is 0 Å². The standard InChI is InChI=1S/C12H14BrN3S/c1-8(14)11-4-3-9(13)5-12(11)17-10-6-15-16(2)7-10/h3-8H,14H2,1-2H3. The van der Waals surface area contributed by atoms with E-state index in [1.54, 1.807) is 16.4 Å². The van der Waals surface area contributed by atoms with Gasteiger partial charge in [-0.1, -0.05) is 33.8 Å². The van der Waals surface area contributed by atoms with E-state index in [0.717, 1.165) is 14.9 Å². The van der Waals surface area contributed by atoms with Crippen molar-refractivity contribution in [2.45, 2.75) is 22.8 Å². The van der Waals surface area contributed by atoms with Gasteiger partial charge in [-0.2, -0.15) is 5.10 Å². The number of hydrogen-bond acceptors (Lipinski definition) is 3. The quantitative estimate of drug-likeness (QED) is 0.945. The molecule has 0 aliphatic heterocycles. The van der Waals surface area contributed by atoms with Crippen molar-refractivity contribution in [1.82, 2.24) is 9.78 Å². The molecule has 2 N–H and O–H groups in total. The fraction of sp³-hybridized carbons (Fsp3) is 0.250. The molecule has 17 heavy (non-hydrogen) atoms. The van der Waals surface area contributed by atoms with E-state index in [2.05, 4.69) is 33.2 Å². The summed E-state index contributed by atoms with van der Waals surface area (Å²) >= 11 is 5.17. The van der Waals surface area contributed by atoms with Crippen molar-refractivity contribution in [3.63, 3.8) is 0 Å². The second-order valence-corrected chi connectivity index (χ2v) is 5.95. The number of nitrogens with two attached hydrogens (primary N) is 1. The lowest BCUT2D eigenvalue weighted by Gasteiger charge is -2.11.